The second kappa shape index (κ2) is 14.1. The lowest BCUT2D eigenvalue weighted by Crippen LogP contribution is -2.60. The third-order valence-corrected chi connectivity index (χ3v) is 6.42. The van der Waals surface area contributed by atoms with E-state index in [0.29, 0.717) is 5.56 Å². The Morgan fingerprint density at radius 3 is 2.10 bits per heavy atom. The van der Waals surface area contributed by atoms with Crippen LogP contribution in [-0.2, 0) is 36.8 Å². The van der Waals surface area contributed by atoms with Crippen molar-refractivity contribution in [1.29, 1.82) is 0 Å². The van der Waals surface area contributed by atoms with Gasteiger partial charge in [-0.15, -0.1) is 0 Å². The fraction of sp³-hybridized carbons (Fsp3) is 0.321. The van der Waals surface area contributed by atoms with Crippen LogP contribution in [0.5, 0.6) is 0 Å². The zero-order valence-corrected chi connectivity index (χ0v) is 22.2. The summed E-state index contributed by atoms with van der Waals surface area (Å²) in [5, 5.41) is 36.5. The van der Waals surface area contributed by atoms with Crippen molar-refractivity contribution >= 4 is 40.6 Å². The predicted octanol–water partition coefficient (Wildman–Crippen LogP) is -0.325. The molecule has 1 aromatic heterocycles. The number of aliphatic carboxylic acids is 2. The average Bonchev–Trinajstić information content (AvgIpc) is 3.33. The number of aromatic nitrogens is 1. The number of benzene rings is 2. The molecule has 0 radical (unpaired) electrons. The first-order valence-electron chi connectivity index (χ1n) is 12.8. The summed E-state index contributed by atoms with van der Waals surface area (Å²) in [7, 11) is 0. The van der Waals surface area contributed by atoms with Crippen molar-refractivity contribution < 1.29 is 39.3 Å². The number of carbonyl (C=O) groups excluding carboxylic acids is 3. The lowest BCUT2D eigenvalue weighted by atomic mass is 10.0. The number of carboxylic acid groups (broad SMARTS) is 2. The van der Waals surface area contributed by atoms with Crippen LogP contribution in [0.1, 0.15) is 24.5 Å². The minimum atomic E-state index is -1.75. The van der Waals surface area contributed by atoms with Gasteiger partial charge in [-0.1, -0.05) is 48.5 Å². The molecule has 3 rings (SSSR count). The smallest absolute Gasteiger partial charge is 0.326 e. The Morgan fingerprint density at radius 1 is 0.829 bits per heavy atom. The third-order valence-electron chi connectivity index (χ3n) is 6.42. The number of aliphatic hydroxyl groups excluding tert-OH is 1. The van der Waals surface area contributed by atoms with Crippen molar-refractivity contribution in [2.75, 3.05) is 0 Å². The summed E-state index contributed by atoms with van der Waals surface area (Å²) in [6.45, 7) is 1.27. The molecule has 13 nitrogen and oxygen atoms in total. The van der Waals surface area contributed by atoms with Gasteiger partial charge in [-0.3, -0.25) is 19.2 Å². The van der Waals surface area contributed by atoms with Gasteiger partial charge in [0.15, 0.2) is 0 Å². The Morgan fingerprint density at radius 2 is 1.46 bits per heavy atom. The van der Waals surface area contributed by atoms with Gasteiger partial charge < -0.3 is 42.0 Å². The SMILES string of the molecule is CC(O)C(NC(=O)C(N)Cc1c[nH]c2ccccc12)C(=O)NC(Cc1ccccc1)C(=O)NC(CC(=O)O)C(=O)O. The number of carboxylic acids is 2. The number of carbonyl (C=O) groups is 5. The van der Waals surface area contributed by atoms with Crippen LogP contribution in [0.3, 0.4) is 0 Å². The van der Waals surface area contributed by atoms with Crippen LogP contribution in [0.4, 0.5) is 0 Å². The summed E-state index contributed by atoms with van der Waals surface area (Å²) in [5.41, 5.74) is 8.38. The van der Waals surface area contributed by atoms with Gasteiger partial charge in [0, 0.05) is 23.5 Å². The second-order valence-corrected chi connectivity index (χ2v) is 9.65. The Hall–Kier alpha value is -4.75. The van der Waals surface area contributed by atoms with Gasteiger partial charge in [0.2, 0.25) is 17.7 Å². The summed E-state index contributed by atoms with van der Waals surface area (Å²) in [6, 6.07) is 10.3. The molecule has 5 atom stereocenters. The first-order valence-corrected chi connectivity index (χ1v) is 12.8. The molecular formula is C28H33N5O8. The van der Waals surface area contributed by atoms with E-state index in [1.807, 2.05) is 24.3 Å². The third kappa shape index (κ3) is 8.62. The topological polar surface area (TPSA) is 224 Å². The number of nitrogens with two attached hydrogens (primary N) is 1. The molecule has 0 aliphatic heterocycles. The number of rotatable bonds is 14. The van der Waals surface area contributed by atoms with E-state index in [2.05, 4.69) is 20.9 Å². The number of nitrogens with one attached hydrogen (secondary N) is 4. The molecule has 9 N–H and O–H groups in total. The number of hydrogen-bond acceptors (Lipinski definition) is 7. The van der Waals surface area contributed by atoms with E-state index in [-0.39, 0.29) is 12.8 Å². The van der Waals surface area contributed by atoms with Crippen LogP contribution >= 0.6 is 0 Å². The zero-order valence-electron chi connectivity index (χ0n) is 22.2. The summed E-state index contributed by atoms with van der Waals surface area (Å²) < 4.78 is 0. The maximum atomic E-state index is 13.2. The molecular weight excluding hydrogens is 534 g/mol. The largest absolute Gasteiger partial charge is 0.481 e. The van der Waals surface area contributed by atoms with Gasteiger partial charge in [0.25, 0.3) is 0 Å². The summed E-state index contributed by atoms with van der Waals surface area (Å²) in [6.07, 6.45) is -0.480. The number of fused-ring (bicyclic) bond motifs is 1. The highest BCUT2D eigenvalue weighted by Crippen LogP contribution is 2.19. The Balaban J connectivity index is 1.74. The van der Waals surface area contributed by atoms with Gasteiger partial charge in [0.05, 0.1) is 18.6 Å². The molecule has 5 unspecified atom stereocenters. The highest BCUT2D eigenvalue weighted by Gasteiger charge is 2.33. The lowest BCUT2D eigenvalue weighted by Gasteiger charge is -2.26. The highest BCUT2D eigenvalue weighted by atomic mass is 16.4. The molecule has 0 saturated heterocycles. The van der Waals surface area contributed by atoms with E-state index in [1.165, 1.54) is 6.92 Å². The molecule has 2 aromatic carbocycles. The van der Waals surface area contributed by atoms with Crippen LogP contribution in [0.25, 0.3) is 10.9 Å². The van der Waals surface area contributed by atoms with Gasteiger partial charge in [0.1, 0.15) is 18.1 Å². The monoisotopic (exact) mass is 567 g/mol. The molecule has 218 valence electrons. The fourth-order valence-corrected chi connectivity index (χ4v) is 4.26. The molecule has 0 aliphatic rings. The number of amides is 3. The predicted molar refractivity (Wildman–Crippen MR) is 147 cm³/mol. The quantitative estimate of drug-likeness (QED) is 0.128. The molecule has 13 heteroatoms. The van der Waals surface area contributed by atoms with E-state index in [1.54, 1.807) is 36.5 Å². The zero-order chi connectivity index (χ0) is 30.1. The van der Waals surface area contributed by atoms with Gasteiger partial charge in [-0.05, 0) is 30.5 Å². The number of hydrogen-bond donors (Lipinski definition) is 8. The molecule has 3 aromatic rings. The first-order chi connectivity index (χ1) is 19.5. The number of para-hydroxylation sites is 1. The van der Waals surface area contributed by atoms with Crippen molar-refractivity contribution in [3.05, 3.63) is 71.9 Å². The lowest BCUT2D eigenvalue weighted by molar-refractivity contribution is -0.147. The van der Waals surface area contributed by atoms with Crippen LogP contribution in [0, 0.1) is 0 Å². The molecule has 0 bridgehead atoms. The number of H-pyrrole nitrogens is 1. The van der Waals surface area contributed by atoms with Gasteiger partial charge in [-0.2, -0.15) is 0 Å². The minimum absolute atomic E-state index is 0.0849. The Bertz CT molecular complexity index is 1390. The second-order valence-electron chi connectivity index (χ2n) is 9.65. The maximum absolute atomic E-state index is 13.2. The van der Waals surface area contributed by atoms with Crippen molar-refractivity contribution in [3.8, 4) is 0 Å². The van der Waals surface area contributed by atoms with E-state index in [9.17, 15) is 34.2 Å². The normalized spacial score (nSPS) is 14.7. The van der Waals surface area contributed by atoms with Crippen molar-refractivity contribution in [3.63, 3.8) is 0 Å². The number of aromatic amines is 1. The summed E-state index contributed by atoms with van der Waals surface area (Å²) >= 11 is 0. The number of aliphatic hydroxyl groups is 1. The van der Waals surface area contributed by atoms with E-state index < -0.39 is 66.4 Å². The molecule has 0 spiro atoms. The molecule has 0 saturated carbocycles. The van der Waals surface area contributed by atoms with Crippen LogP contribution < -0.4 is 21.7 Å². The Kier molecular flexibility index (Phi) is 10.6. The Labute approximate surface area is 235 Å². The molecule has 41 heavy (non-hydrogen) atoms. The minimum Gasteiger partial charge on any atom is -0.481 e. The van der Waals surface area contributed by atoms with E-state index in [4.69, 9.17) is 10.8 Å². The van der Waals surface area contributed by atoms with Crippen LogP contribution in [-0.4, -0.2) is 80.2 Å². The van der Waals surface area contributed by atoms with E-state index >= 15 is 0 Å². The van der Waals surface area contributed by atoms with Crippen LogP contribution in [0.2, 0.25) is 0 Å². The molecule has 0 fully saturated rings. The van der Waals surface area contributed by atoms with Gasteiger partial charge in [-0.25, -0.2) is 4.79 Å². The van der Waals surface area contributed by atoms with Crippen LogP contribution in [0.15, 0.2) is 60.8 Å². The molecule has 1 heterocycles. The molecule has 0 aliphatic carbocycles. The maximum Gasteiger partial charge on any atom is 0.326 e. The first kappa shape index (κ1) is 30.8. The molecule has 3 amide bonds. The summed E-state index contributed by atoms with van der Waals surface area (Å²) in [5.74, 6) is -5.60. The van der Waals surface area contributed by atoms with Crippen molar-refractivity contribution in [2.45, 2.75) is 56.5 Å². The average molecular weight is 568 g/mol. The van der Waals surface area contributed by atoms with E-state index in [0.717, 1.165) is 16.5 Å². The van der Waals surface area contributed by atoms with Gasteiger partial charge >= 0.3 is 11.9 Å². The highest BCUT2D eigenvalue weighted by molar-refractivity contribution is 5.95. The fourth-order valence-electron chi connectivity index (χ4n) is 4.26. The summed E-state index contributed by atoms with van der Waals surface area (Å²) in [4.78, 5) is 64.8. The van der Waals surface area contributed by atoms with Crippen molar-refractivity contribution in [1.82, 2.24) is 20.9 Å². The van der Waals surface area contributed by atoms with Crippen molar-refractivity contribution in [2.24, 2.45) is 5.73 Å². The standard InChI is InChI=1S/C28H33N5O8/c1-15(34)24(33-25(37)19(29)12-17-14-30-20-10-6-5-9-18(17)20)27(39)31-21(11-16-7-3-2-4-8-16)26(38)32-22(28(40)41)13-23(35)36/h2-10,14-15,19,21-22,24,30,34H,11-13,29H2,1H3,(H,31,39)(H,32,38)(H,33,37)(H,35,36)(H,40,41).